The van der Waals surface area contributed by atoms with Crippen LogP contribution in [0.3, 0.4) is 0 Å². The van der Waals surface area contributed by atoms with E-state index in [2.05, 4.69) is 16.4 Å². The van der Waals surface area contributed by atoms with Crippen LogP contribution < -0.4 is 5.32 Å². The maximum absolute atomic E-state index is 12.1. The van der Waals surface area contributed by atoms with Gasteiger partial charge in [-0.3, -0.25) is 4.79 Å². The minimum absolute atomic E-state index is 0.164. The van der Waals surface area contributed by atoms with Crippen LogP contribution in [0.4, 0.5) is 0 Å². The molecule has 1 aromatic heterocycles. The number of hydrogen-bond donors (Lipinski definition) is 1. The van der Waals surface area contributed by atoms with E-state index >= 15 is 0 Å². The maximum Gasteiger partial charge on any atom is 0.240 e. The Bertz CT molecular complexity index is 707. The highest BCUT2D eigenvalue weighted by molar-refractivity contribution is 5.86. The molecule has 0 atom stereocenters. The van der Waals surface area contributed by atoms with Gasteiger partial charge in [-0.1, -0.05) is 6.07 Å². The van der Waals surface area contributed by atoms with Gasteiger partial charge in [0.05, 0.1) is 6.07 Å². The van der Waals surface area contributed by atoms with Gasteiger partial charge >= 0.3 is 0 Å². The van der Waals surface area contributed by atoms with Crippen molar-refractivity contribution in [2.45, 2.75) is 32.7 Å². The van der Waals surface area contributed by atoms with Gasteiger partial charge in [-0.15, -0.1) is 0 Å². The van der Waals surface area contributed by atoms with Crippen molar-refractivity contribution in [2.75, 3.05) is 0 Å². The van der Waals surface area contributed by atoms with E-state index in [0.717, 1.165) is 23.1 Å². The fourth-order valence-electron chi connectivity index (χ4n) is 2.47. The average Bonchev–Trinajstić information content (AvgIpc) is 2.75. The number of carbonyl (C=O) groups excluding carboxylic acids is 1. The van der Waals surface area contributed by atoms with E-state index in [1.807, 2.05) is 18.2 Å². The molecule has 2 aromatic rings. The number of carbonyl (C=O) groups is 1. The Labute approximate surface area is 116 Å². The second-order valence-corrected chi connectivity index (χ2v) is 5.27. The van der Waals surface area contributed by atoms with Crippen molar-refractivity contribution in [3.05, 3.63) is 29.7 Å². The molecule has 0 saturated heterocycles. The van der Waals surface area contributed by atoms with E-state index < -0.39 is 5.41 Å². The number of nitrogens with zero attached hydrogens (tertiary/aromatic N) is 2. The molecule has 0 spiro atoms. The summed E-state index contributed by atoms with van der Waals surface area (Å²) in [5.74, 6) is 0.460. The van der Waals surface area contributed by atoms with Crippen LogP contribution in [-0.2, 0) is 11.3 Å². The van der Waals surface area contributed by atoms with Gasteiger partial charge in [0.2, 0.25) is 5.91 Å². The molecule has 1 saturated carbocycles. The van der Waals surface area contributed by atoms with Crippen molar-refractivity contribution < 1.29 is 9.21 Å². The van der Waals surface area contributed by atoms with E-state index in [-0.39, 0.29) is 5.91 Å². The van der Waals surface area contributed by atoms with Crippen LogP contribution in [0.1, 0.15) is 30.7 Å². The standard InChI is InChI=1S/C15H15N3O2/c1-10-18-12-7-11(3-4-13(12)20-10)8-17-14(19)15(9-16)5-2-6-15/h3-4,7H,2,5-6,8H2,1H3,(H,17,19). The van der Waals surface area contributed by atoms with Crippen LogP contribution in [0.25, 0.3) is 11.1 Å². The number of aryl methyl sites for hydroxylation is 1. The minimum atomic E-state index is -0.797. The lowest BCUT2D eigenvalue weighted by molar-refractivity contribution is -0.131. The third-order valence-electron chi connectivity index (χ3n) is 3.87. The largest absolute Gasteiger partial charge is 0.441 e. The zero-order chi connectivity index (χ0) is 14.2. The third-order valence-corrected chi connectivity index (χ3v) is 3.87. The van der Waals surface area contributed by atoms with Crippen molar-refractivity contribution >= 4 is 17.0 Å². The fraction of sp³-hybridized carbons (Fsp3) is 0.400. The summed E-state index contributed by atoms with van der Waals surface area (Å²) in [7, 11) is 0. The molecule has 3 rings (SSSR count). The van der Waals surface area contributed by atoms with Gasteiger partial charge in [-0.05, 0) is 37.0 Å². The molecule has 0 unspecified atom stereocenters. The van der Waals surface area contributed by atoms with Gasteiger partial charge in [0.1, 0.15) is 10.9 Å². The number of aromatic nitrogens is 1. The average molecular weight is 269 g/mol. The van der Waals surface area contributed by atoms with Crippen LogP contribution in [0.2, 0.25) is 0 Å². The number of oxazole rings is 1. The summed E-state index contributed by atoms with van der Waals surface area (Å²) in [5.41, 5.74) is 1.68. The molecule has 1 aliphatic rings. The Morgan fingerprint density at radius 2 is 2.35 bits per heavy atom. The minimum Gasteiger partial charge on any atom is -0.441 e. The van der Waals surface area contributed by atoms with Gasteiger partial charge in [-0.25, -0.2) is 4.98 Å². The molecular weight excluding hydrogens is 254 g/mol. The van der Waals surface area contributed by atoms with Crippen LogP contribution in [0.15, 0.2) is 22.6 Å². The molecule has 5 heteroatoms. The zero-order valence-electron chi connectivity index (χ0n) is 11.3. The molecular formula is C15H15N3O2. The normalized spacial score (nSPS) is 16.4. The van der Waals surface area contributed by atoms with Crippen molar-refractivity contribution in [3.63, 3.8) is 0 Å². The number of benzene rings is 1. The van der Waals surface area contributed by atoms with Crippen LogP contribution in [0.5, 0.6) is 0 Å². The van der Waals surface area contributed by atoms with Gasteiger partial charge in [0, 0.05) is 13.5 Å². The third kappa shape index (κ3) is 2.03. The Balaban J connectivity index is 1.70. The number of rotatable bonds is 3. The molecule has 0 bridgehead atoms. The Morgan fingerprint density at radius 3 is 3.00 bits per heavy atom. The highest BCUT2D eigenvalue weighted by Gasteiger charge is 2.44. The molecule has 1 aromatic carbocycles. The zero-order valence-corrected chi connectivity index (χ0v) is 11.3. The van der Waals surface area contributed by atoms with Crippen molar-refractivity contribution in [2.24, 2.45) is 5.41 Å². The summed E-state index contributed by atoms with van der Waals surface area (Å²) >= 11 is 0. The first-order valence-corrected chi connectivity index (χ1v) is 6.69. The van der Waals surface area contributed by atoms with Gasteiger partial charge < -0.3 is 9.73 Å². The molecule has 20 heavy (non-hydrogen) atoms. The van der Waals surface area contributed by atoms with Crippen molar-refractivity contribution in [3.8, 4) is 6.07 Å². The first-order valence-electron chi connectivity index (χ1n) is 6.69. The summed E-state index contributed by atoms with van der Waals surface area (Å²) in [5, 5.41) is 12.0. The lowest BCUT2D eigenvalue weighted by atomic mass is 9.69. The lowest BCUT2D eigenvalue weighted by Crippen LogP contribution is -2.44. The molecule has 0 aliphatic heterocycles. The smallest absolute Gasteiger partial charge is 0.240 e. The number of fused-ring (bicyclic) bond motifs is 1. The molecule has 5 nitrogen and oxygen atoms in total. The van der Waals surface area contributed by atoms with E-state index in [0.29, 0.717) is 25.3 Å². The second kappa shape index (κ2) is 4.64. The molecule has 1 N–H and O–H groups in total. The van der Waals surface area contributed by atoms with E-state index in [1.54, 1.807) is 6.92 Å². The first kappa shape index (κ1) is 12.7. The number of hydrogen-bond acceptors (Lipinski definition) is 4. The Morgan fingerprint density at radius 1 is 1.55 bits per heavy atom. The SMILES string of the molecule is Cc1nc2cc(CNC(=O)C3(C#N)CCC3)ccc2o1. The predicted octanol–water partition coefficient (Wildman–Crippen LogP) is 2.45. The summed E-state index contributed by atoms with van der Waals surface area (Å²) in [4.78, 5) is 16.3. The van der Waals surface area contributed by atoms with E-state index in [1.165, 1.54) is 0 Å². The summed E-state index contributed by atoms with van der Waals surface area (Å²) in [6.45, 7) is 2.21. The number of nitrogens with one attached hydrogen (secondary N) is 1. The molecule has 1 heterocycles. The summed E-state index contributed by atoms with van der Waals surface area (Å²) < 4.78 is 5.41. The first-order chi connectivity index (χ1) is 9.63. The topological polar surface area (TPSA) is 78.9 Å². The predicted molar refractivity (Wildman–Crippen MR) is 72.5 cm³/mol. The molecule has 1 aliphatic carbocycles. The molecule has 102 valence electrons. The van der Waals surface area contributed by atoms with Gasteiger partial charge in [0.25, 0.3) is 0 Å². The second-order valence-electron chi connectivity index (χ2n) is 5.27. The van der Waals surface area contributed by atoms with Gasteiger partial charge in [0.15, 0.2) is 11.5 Å². The highest BCUT2D eigenvalue weighted by Crippen LogP contribution is 2.40. The Kier molecular flexibility index (Phi) is 2.94. The highest BCUT2D eigenvalue weighted by atomic mass is 16.3. The van der Waals surface area contributed by atoms with Crippen LogP contribution >= 0.6 is 0 Å². The quantitative estimate of drug-likeness (QED) is 0.928. The number of amides is 1. The molecule has 0 radical (unpaired) electrons. The Hall–Kier alpha value is -2.35. The monoisotopic (exact) mass is 269 g/mol. The van der Waals surface area contributed by atoms with Gasteiger partial charge in [-0.2, -0.15) is 5.26 Å². The van der Waals surface area contributed by atoms with Crippen molar-refractivity contribution in [1.29, 1.82) is 5.26 Å². The lowest BCUT2D eigenvalue weighted by Gasteiger charge is -2.33. The van der Waals surface area contributed by atoms with E-state index in [4.69, 9.17) is 9.68 Å². The summed E-state index contributed by atoms with van der Waals surface area (Å²) in [6, 6.07) is 7.78. The molecule has 1 fully saturated rings. The fourth-order valence-corrected chi connectivity index (χ4v) is 2.47. The molecule has 1 amide bonds. The number of nitriles is 1. The maximum atomic E-state index is 12.1. The van der Waals surface area contributed by atoms with Crippen LogP contribution in [0, 0.1) is 23.7 Å². The van der Waals surface area contributed by atoms with E-state index in [9.17, 15) is 4.79 Å². The summed E-state index contributed by atoms with van der Waals surface area (Å²) in [6.07, 6.45) is 2.28. The van der Waals surface area contributed by atoms with Crippen molar-refractivity contribution in [1.82, 2.24) is 10.3 Å². The van der Waals surface area contributed by atoms with Crippen LogP contribution in [-0.4, -0.2) is 10.9 Å².